The van der Waals surface area contributed by atoms with E-state index in [0.717, 1.165) is 63.1 Å². The third-order valence-electron chi connectivity index (χ3n) is 7.64. The van der Waals surface area contributed by atoms with Gasteiger partial charge in [0.25, 0.3) is 11.8 Å². The number of pyridine rings is 1. The molecule has 2 saturated heterocycles. The van der Waals surface area contributed by atoms with Crippen LogP contribution in [0.15, 0.2) is 36.4 Å². The highest BCUT2D eigenvalue weighted by molar-refractivity contribution is 6.32. The first-order chi connectivity index (χ1) is 18.9. The summed E-state index contributed by atoms with van der Waals surface area (Å²) in [5, 5.41) is 10.7. The summed E-state index contributed by atoms with van der Waals surface area (Å²) in [6.07, 6.45) is -1.70. The van der Waals surface area contributed by atoms with Crippen LogP contribution in [-0.4, -0.2) is 78.3 Å². The van der Waals surface area contributed by atoms with Gasteiger partial charge in [0.15, 0.2) is 6.10 Å². The Labute approximate surface area is 236 Å². The summed E-state index contributed by atoms with van der Waals surface area (Å²) in [5.41, 5.74) is 0.446. The number of hydrogen-bond acceptors (Lipinski definition) is 6. The topological polar surface area (TPSA) is 86.2 Å². The van der Waals surface area contributed by atoms with Gasteiger partial charge in [-0.05, 0) is 73.8 Å². The molecule has 0 saturated carbocycles. The van der Waals surface area contributed by atoms with E-state index in [9.17, 15) is 27.9 Å². The summed E-state index contributed by atoms with van der Waals surface area (Å²) in [4.78, 5) is 34.7. The van der Waals surface area contributed by atoms with Crippen LogP contribution in [0.2, 0.25) is 5.15 Å². The van der Waals surface area contributed by atoms with Crippen LogP contribution in [0.25, 0.3) is 0 Å². The number of benzene rings is 1. The van der Waals surface area contributed by atoms with Gasteiger partial charge in [0.05, 0.1) is 5.56 Å². The Morgan fingerprint density at radius 3 is 2.27 bits per heavy atom. The Morgan fingerprint density at radius 2 is 1.70 bits per heavy atom. The van der Waals surface area contributed by atoms with Crippen LogP contribution >= 0.6 is 11.6 Å². The van der Waals surface area contributed by atoms with Gasteiger partial charge in [0.2, 0.25) is 0 Å². The molecule has 0 aliphatic carbocycles. The number of aliphatic hydroxyl groups excluding tert-OH is 1. The largest absolute Gasteiger partial charge is 0.573 e. The summed E-state index contributed by atoms with van der Waals surface area (Å²) in [6.45, 7) is 2.68. The van der Waals surface area contributed by atoms with Crippen molar-refractivity contribution in [2.45, 2.75) is 44.6 Å². The zero-order valence-electron chi connectivity index (χ0n) is 22.5. The SMILES string of the molecule is CN(C)C(=O)c1ccc(N2CCC(CC3CCN(C(=O)C(O)c4cccc(OC(F)(F)F)c4)CC3)CC2)nc1Cl. The summed E-state index contributed by atoms with van der Waals surface area (Å²) < 4.78 is 41.5. The van der Waals surface area contributed by atoms with Crippen LogP contribution in [0.1, 0.15) is 54.1 Å². The van der Waals surface area contributed by atoms with E-state index in [4.69, 9.17) is 11.6 Å². The summed E-state index contributed by atoms with van der Waals surface area (Å²) in [7, 11) is 3.34. The molecule has 218 valence electrons. The zero-order chi connectivity index (χ0) is 29.0. The average molecular weight is 583 g/mol. The van der Waals surface area contributed by atoms with Crippen LogP contribution in [0.5, 0.6) is 5.75 Å². The molecule has 2 aliphatic heterocycles. The molecule has 1 N–H and O–H groups in total. The zero-order valence-corrected chi connectivity index (χ0v) is 23.3. The minimum atomic E-state index is -4.85. The third-order valence-corrected chi connectivity index (χ3v) is 7.93. The maximum absolute atomic E-state index is 12.8. The van der Waals surface area contributed by atoms with Gasteiger partial charge in [0.1, 0.15) is 16.7 Å². The van der Waals surface area contributed by atoms with Crippen molar-refractivity contribution < 1.29 is 32.6 Å². The number of hydrogen-bond donors (Lipinski definition) is 1. The Morgan fingerprint density at radius 1 is 1.07 bits per heavy atom. The molecule has 40 heavy (non-hydrogen) atoms. The van der Waals surface area contributed by atoms with E-state index in [1.165, 1.54) is 17.0 Å². The number of nitrogens with zero attached hydrogens (tertiary/aromatic N) is 4. The summed E-state index contributed by atoms with van der Waals surface area (Å²) in [6, 6.07) is 8.44. The van der Waals surface area contributed by atoms with Crippen molar-refractivity contribution in [1.29, 1.82) is 0 Å². The van der Waals surface area contributed by atoms with E-state index in [1.807, 2.05) is 6.07 Å². The van der Waals surface area contributed by atoms with Gasteiger partial charge in [-0.1, -0.05) is 23.7 Å². The summed E-state index contributed by atoms with van der Waals surface area (Å²) in [5.74, 6) is 0.604. The molecule has 4 rings (SSSR count). The van der Waals surface area contributed by atoms with Gasteiger partial charge in [0, 0.05) is 40.3 Å². The van der Waals surface area contributed by atoms with Gasteiger partial charge in [-0.2, -0.15) is 0 Å². The molecule has 0 spiro atoms. The number of aliphatic hydroxyl groups is 1. The van der Waals surface area contributed by atoms with Gasteiger partial charge in [-0.25, -0.2) is 4.98 Å². The Hall–Kier alpha value is -3.05. The second-order valence-electron chi connectivity index (χ2n) is 10.7. The predicted molar refractivity (Wildman–Crippen MR) is 144 cm³/mol. The molecular weight excluding hydrogens is 549 g/mol. The van der Waals surface area contributed by atoms with Crippen molar-refractivity contribution in [2.75, 3.05) is 45.2 Å². The molecule has 0 bridgehead atoms. The number of amides is 2. The third kappa shape index (κ3) is 7.57. The number of alkyl halides is 3. The first kappa shape index (κ1) is 29.9. The Kier molecular flexibility index (Phi) is 9.45. The highest BCUT2D eigenvalue weighted by Crippen LogP contribution is 2.33. The highest BCUT2D eigenvalue weighted by atomic mass is 35.5. The van der Waals surface area contributed by atoms with Crippen LogP contribution in [0, 0.1) is 11.8 Å². The lowest BCUT2D eigenvalue weighted by molar-refractivity contribution is -0.274. The molecule has 3 heterocycles. The fraction of sp³-hybridized carbons (Fsp3) is 0.536. The van der Waals surface area contributed by atoms with E-state index in [-0.39, 0.29) is 16.6 Å². The summed E-state index contributed by atoms with van der Waals surface area (Å²) >= 11 is 6.29. The minimum Gasteiger partial charge on any atom is -0.406 e. The van der Waals surface area contributed by atoms with Crippen LogP contribution in [0.4, 0.5) is 19.0 Å². The van der Waals surface area contributed by atoms with Crippen molar-refractivity contribution in [3.63, 3.8) is 0 Å². The molecule has 2 amide bonds. The number of halogens is 4. The number of carbonyl (C=O) groups is 2. The van der Waals surface area contributed by atoms with E-state index >= 15 is 0 Å². The predicted octanol–water partition coefficient (Wildman–Crippen LogP) is 4.91. The normalized spacial score (nSPS) is 18.0. The first-order valence-corrected chi connectivity index (χ1v) is 13.7. The average Bonchev–Trinajstić information content (AvgIpc) is 2.92. The maximum atomic E-state index is 12.8. The fourth-order valence-electron chi connectivity index (χ4n) is 5.46. The molecular formula is C28H34ClF3N4O4. The lowest BCUT2D eigenvalue weighted by atomic mass is 9.82. The number of aromatic nitrogens is 1. The van der Waals surface area contributed by atoms with E-state index < -0.39 is 24.1 Å². The molecule has 8 nitrogen and oxygen atoms in total. The first-order valence-electron chi connectivity index (χ1n) is 13.4. The standard InChI is InChI=1S/C28H34ClF3N4O4/c1-34(2)26(38)22-6-7-23(33-25(22)29)35-12-8-18(9-13-35)16-19-10-14-36(15-11-19)27(39)24(37)20-4-3-5-21(17-20)40-28(30,31)32/h3-7,17-19,24,37H,8-16H2,1-2H3. The van der Waals surface area contributed by atoms with Gasteiger partial charge < -0.3 is 24.5 Å². The van der Waals surface area contributed by atoms with Gasteiger partial charge >= 0.3 is 6.36 Å². The van der Waals surface area contributed by atoms with Crippen LogP contribution in [-0.2, 0) is 4.79 Å². The number of piperidine rings is 2. The number of rotatable bonds is 7. The number of likely N-dealkylation sites (tertiary alicyclic amines) is 1. The Balaban J connectivity index is 1.23. The minimum absolute atomic E-state index is 0.0651. The lowest BCUT2D eigenvalue weighted by Gasteiger charge is -2.37. The monoisotopic (exact) mass is 582 g/mol. The van der Waals surface area contributed by atoms with Gasteiger partial charge in [-0.3, -0.25) is 9.59 Å². The van der Waals surface area contributed by atoms with Crippen molar-refractivity contribution in [3.05, 3.63) is 52.7 Å². The molecule has 1 aromatic heterocycles. The van der Waals surface area contributed by atoms with E-state index in [2.05, 4.69) is 14.6 Å². The number of carbonyl (C=O) groups excluding carboxylic acids is 2. The lowest BCUT2D eigenvalue weighted by Crippen LogP contribution is -2.42. The molecule has 1 unspecified atom stereocenters. The smallest absolute Gasteiger partial charge is 0.406 e. The molecule has 2 fully saturated rings. The highest BCUT2D eigenvalue weighted by Gasteiger charge is 2.33. The van der Waals surface area contributed by atoms with Crippen molar-refractivity contribution in [3.8, 4) is 5.75 Å². The van der Waals surface area contributed by atoms with E-state index in [1.54, 1.807) is 25.1 Å². The Bertz CT molecular complexity index is 1200. The van der Waals surface area contributed by atoms with Crippen molar-refractivity contribution >= 4 is 29.2 Å². The second kappa shape index (κ2) is 12.6. The second-order valence-corrected chi connectivity index (χ2v) is 11.0. The maximum Gasteiger partial charge on any atom is 0.573 e. The molecule has 0 radical (unpaired) electrons. The molecule has 2 aromatic rings. The molecule has 2 aliphatic rings. The van der Waals surface area contributed by atoms with Gasteiger partial charge in [-0.15, -0.1) is 13.2 Å². The molecule has 12 heteroatoms. The molecule has 1 aromatic carbocycles. The molecule has 1 atom stereocenters. The quantitative estimate of drug-likeness (QED) is 0.467. The fourth-order valence-corrected chi connectivity index (χ4v) is 5.69. The van der Waals surface area contributed by atoms with Crippen molar-refractivity contribution in [2.24, 2.45) is 11.8 Å². The van der Waals surface area contributed by atoms with E-state index in [0.29, 0.717) is 30.5 Å². The van der Waals surface area contributed by atoms with Crippen LogP contribution < -0.4 is 9.64 Å². The van der Waals surface area contributed by atoms with Crippen LogP contribution in [0.3, 0.4) is 0 Å². The van der Waals surface area contributed by atoms with Crippen molar-refractivity contribution in [1.82, 2.24) is 14.8 Å². The number of anilines is 1. The number of ether oxygens (including phenoxy) is 1.